The standard InChI is InChI=1S/C12H15BrN4S/c1-16-4-6-17(7-5-16)15-12-14-10-3-2-9(13)8-11(10)18-12/h2-3,8H,4-7H2,1H3,(H,14,15). The summed E-state index contributed by atoms with van der Waals surface area (Å²) in [4.78, 5) is 6.94. The van der Waals surface area contributed by atoms with Gasteiger partial charge in [0.1, 0.15) is 0 Å². The number of nitrogens with zero attached hydrogens (tertiary/aromatic N) is 3. The maximum absolute atomic E-state index is 4.60. The van der Waals surface area contributed by atoms with Crippen molar-refractivity contribution in [3.8, 4) is 0 Å². The van der Waals surface area contributed by atoms with Crippen molar-refractivity contribution in [1.29, 1.82) is 0 Å². The number of likely N-dealkylation sites (N-methyl/N-ethyl adjacent to an activating group) is 1. The first kappa shape index (κ1) is 12.3. The summed E-state index contributed by atoms with van der Waals surface area (Å²) in [5, 5.41) is 3.22. The van der Waals surface area contributed by atoms with Gasteiger partial charge >= 0.3 is 0 Å². The average molecular weight is 327 g/mol. The van der Waals surface area contributed by atoms with E-state index in [0.29, 0.717) is 0 Å². The molecule has 1 N–H and O–H groups in total. The van der Waals surface area contributed by atoms with Crippen molar-refractivity contribution in [3.05, 3.63) is 22.7 Å². The molecule has 2 aromatic rings. The largest absolute Gasteiger partial charge is 0.304 e. The van der Waals surface area contributed by atoms with Crippen molar-refractivity contribution in [3.63, 3.8) is 0 Å². The van der Waals surface area contributed by atoms with Gasteiger partial charge in [0.05, 0.1) is 10.2 Å². The first-order valence-electron chi connectivity index (χ1n) is 5.97. The molecule has 2 heterocycles. The van der Waals surface area contributed by atoms with Crippen LogP contribution < -0.4 is 5.43 Å². The van der Waals surface area contributed by atoms with Gasteiger partial charge in [-0.15, -0.1) is 0 Å². The van der Waals surface area contributed by atoms with Gasteiger partial charge in [-0.05, 0) is 25.2 Å². The molecule has 0 spiro atoms. The molecule has 1 aliphatic heterocycles. The van der Waals surface area contributed by atoms with E-state index in [-0.39, 0.29) is 0 Å². The van der Waals surface area contributed by atoms with Crippen molar-refractivity contribution < 1.29 is 0 Å². The van der Waals surface area contributed by atoms with E-state index in [2.05, 4.69) is 49.4 Å². The second kappa shape index (κ2) is 5.13. The van der Waals surface area contributed by atoms with Crippen LogP contribution in [0.2, 0.25) is 0 Å². The fourth-order valence-electron chi connectivity index (χ4n) is 2.00. The zero-order chi connectivity index (χ0) is 12.5. The molecule has 0 atom stereocenters. The highest BCUT2D eigenvalue weighted by Crippen LogP contribution is 2.28. The number of benzene rings is 1. The number of hydrogen-bond donors (Lipinski definition) is 1. The van der Waals surface area contributed by atoms with Crippen LogP contribution in [0.3, 0.4) is 0 Å². The lowest BCUT2D eigenvalue weighted by molar-refractivity contribution is 0.179. The minimum absolute atomic E-state index is 0.979. The third-order valence-corrected chi connectivity index (χ3v) is 4.52. The van der Waals surface area contributed by atoms with Crippen molar-refractivity contribution >= 4 is 42.6 Å². The molecule has 1 aromatic carbocycles. The zero-order valence-corrected chi connectivity index (χ0v) is 12.6. The Balaban J connectivity index is 1.74. The third-order valence-electron chi connectivity index (χ3n) is 3.11. The van der Waals surface area contributed by atoms with Crippen LogP contribution in [0.4, 0.5) is 5.13 Å². The van der Waals surface area contributed by atoms with Crippen molar-refractivity contribution in [1.82, 2.24) is 14.9 Å². The number of hydrazine groups is 1. The number of thiazole rings is 1. The van der Waals surface area contributed by atoms with E-state index in [4.69, 9.17) is 0 Å². The van der Waals surface area contributed by atoms with Crippen LogP contribution in [0.25, 0.3) is 10.2 Å². The lowest BCUT2D eigenvalue weighted by Gasteiger charge is -2.32. The van der Waals surface area contributed by atoms with Crippen LogP contribution in [0.5, 0.6) is 0 Å². The Labute approximate surface area is 119 Å². The molecule has 0 unspecified atom stereocenters. The summed E-state index contributed by atoms with van der Waals surface area (Å²) in [6.45, 7) is 4.28. The highest BCUT2D eigenvalue weighted by Gasteiger charge is 2.14. The van der Waals surface area contributed by atoms with Crippen LogP contribution in [0, 0.1) is 0 Å². The highest BCUT2D eigenvalue weighted by atomic mass is 79.9. The summed E-state index contributed by atoms with van der Waals surface area (Å²) in [5.41, 5.74) is 4.46. The quantitative estimate of drug-likeness (QED) is 0.919. The molecular formula is C12H15BrN4S. The molecule has 6 heteroatoms. The summed E-state index contributed by atoms with van der Waals surface area (Å²) in [6, 6.07) is 6.19. The van der Waals surface area contributed by atoms with Gasteiger partial charge in [0.15, 0.2) is 5.13 Å². The van der Waals surface area contributed by atoms with E-state index in [9.17, 15) is 0 Å². The molecule has 0 amide bonds. The highest BCUT2D eigenvalue weighted by molar-refractivity contribution is 9.10. The van der Waals surface area contributed by atoms with Gasteiger partial charge in [-0.1, -0.05) is 27.3 Å². The predicted octanol–water partition coefficient (Wildman–Crippen LogP) is 2.63. The second-order valence-corrected chi connectivity index (χ2v) is 6.48. The number of fused-ring (bicyclic) bond motifs is 1. The smallest absolute Gasteiger partial charge is 0.198 e. The van der Waals surface area contributed by atoms with Crippen LogP contribution in [0.1, 0.15) is 0 Å². The molecule has 18 heavy (non-hydrogen) atoms. The Morgan fingerprint density at radius 3 is 2.83 bits per heavy atom. The summed E-state index contributed by atoms with van der Waals surface area (Å²) in [7, 11) is 2.16. The SMILES string of the molecule is CN1CCN(Nc2nc3ccc(Br)cc3s2)CC1. The molecule has 1 fully saturated rings. The van der Waals surface area contributed by atoms with E-state index in [1.165, 1.54) is 4.70 Å². The van der Waals surface area contributed by atoms with Gasteiger partial charge in [-0.2, -0.15) is 0 Å². The predicted molar refractivity (Wildman–Crippen MR) is 80.0 cm³/mol. The lowest BCUT2D eigenvalue weighted by atomic mass is 10.3. The number of rotatable bonds is 2. The molecule has 0 saturated carbocycles. The number of anilines is 1. The lowest BCUT2D eigenvalue weighted by Crippen LogP contribution is -2.46. The van der Waals surface area contributed by atoms with Gasteiger partial charge in [-0.25, -0.2) is 9.99 Å². The normalized spacial score (nSPS) is 18.3. The molecule has 3 rings (SSSR count). The molecule has 0 bridgehead atoms. The Bertz CT molecular complexity index is 548. The molecule has 4 nitrogen and oxygen atoms in total. The Kier molecular flexibility index (Phi) is 3.52. The fourth-order valence-corrected chi connectivity index (χ4v) is 3.44. The average Bonchev–Trinajstić information content (AvgIpc) is 2.73. The van der Waals surface area contributed by atoms with Crippen LogP contribution in [-0.4, -0.2) is 48.1 Å². The van der Waals surface area contributed by atoms with E-state index in [0.717, 1.165) is 41.3 Å². The molecule has 96 valence electrons. The number of nitrogens with one attached hydrogen (secondary N) is 1. The van der Waals surface area contributed by atoms with Crippen molar-refractivity contribution in [2.75, 3.05) is 38.7 Å². The molecule has 1 aromatic heterocycles. The first-order chi connectivity index (χ1) is 8.70. The van der Waals surface area contributed by atoms with E-state index >= 15 is 0 Å². The molecule has 1 saturated heterocycles. The number of aromatic nitrogens is 1. The van der Waals surface area contributed by atoms with E-state index < -0.39 is 0 Å². The van der Waals surface area contributed by atoms with Crippen molar-refractivity contribution in [2.24, 2.45) is 0 Å². The number of halogens is 1. The molecule has 1 aliphatic rings. The second-order valence-electron chi connectivity index (χ2n) is 4.53. The summed E-state index contributed by atoms with van der Waals surface area (Å²) >= 11 is 5.19. The number of hydrogen-bond acceptors (Lipinski definition) is 5. The minimum Gasteiger partial charge on any atom is -0.304 e. The van der Waals surface area contributed by atoms with Gasteiger partial charge < -0.3 is 4.90 Å². The third kappa shape index (κ3) is 2.66. The monoisotopic (exact) mass is 326 g/mol. The maximum atomic E-state index is 4.60. The fraction of sp³-hybridized carbons (Fsp3) is 0.417. The Morgan fingerprint density at radius 2 is 2.06 bits per heavy atom. The summed E-state index contributed by atoms with van der Waals surface area (Å²) < 4.78 is 2.31. The molecule has 0 aliphatic carbocycles. The molecular weight excluding hydrogens is 312 g/mol. The van der Waals surface area contributed by atoms with Crippen molar-refractivity contribution in [2.45, 2.75) is 0 Å². The van der Waals surface area contributed by atoms with Gasteiger partial charge in [0.2, 0.25) is 0 Å². The Hall–Kier alpha value is -0.690. The van der Waals surface area contributed by atoms with Gasteiger partial charge in [-0.3, -0.25) is 5.43 Å². The maximum Gasteiger partial charge on any atom is 0.198 e. The van der Waals surface area contributed by atoms with Crippen LogP contribution in [0.15, 0.2) is 22.7 Å². The summed E-state index contributed by atoms with van der Waals surface area (Å²) in [5.74, 6) is 0. The molecule has 0 radical (unpaired) electrons. The first-order valence-corrected chi connectivity index (χ1v) is 7.58. The Morgan fingerprint density at radius 1 is 1.28 bits per heavy atom. The number of piperazine rings is 1. The van der Waals surface area contributed by atoms with Gasteiger partial charge in [0.25, 0.3) is 0 Å². The van der Waals surface area contributed by atoms with E-state index in [1.807, 2.05) is 12.1 Å². The van der Waals surface area contributed by atoms with Gasteiger partial charge in [0, 0.05) is 30.7 Å². The minimum atomic E-state index is 0.979. The van der Waals surface area contributed by atoms with E-state index in [1.54, 1.807) is 11.3 Å². The van der Waals surface area contributed by atoms with Crippen LogP contribution >= 0.6 is 27.3 Å². The topological polar surface area (TPSA) is 31.4 Å². The zero-order valence-electron chi connectivity index (χ0n) is 10.2. The van der Waals surface area contributed by atoms with Crippen LogP contribution in [-0.2, 0) is 0 Å². The summed E-state index contributed by atoms with van der Waals surface area (Å²) in [6.07, 6.45) is 0.